The van der Waals surface area contributed by atoms with Crippen molar-refractivity contribution < 1.29 is 18.7 Å². The van der Waals surface area contributed by atoms with Crippen molar-refractivity contribution in [2.75, 3.05) is 7.11 Å². The van der Waals surface area contributed by atoms with Crippen LogP contribution in [0.1, 0.15) is 60.6 Å². The molecule has 1 saturated heterocycles. The van der Waals surface area contributed by atoms with Crippen molar-refractivity contribution >= 4 is 17.7 Å². The Morgan fingerprint density at radius 1 is 1.06 bits per heavy atom. The molecule has 0 aromatic heterocycles. The summed E-state index contributed by atoms with van der Waals surface area (Å²) in [5.41, 5.74) is 6.27. The number of benzene rings is 3. The van der Waals surface area contributed by atoms with Crippen molar-refractivity contribution in [1.29, 1.82) is 0 Å². The Hall–Kier alpha value is -3.05. The smallest absolute Gasteiger partial charge is 0.411 e. The van der Waals surface area contributed by atoms with Gasteiger partial charge in [0.05, 0.1) is 19.7 Å². The number of cyclic esters (lactones) is 1. The van der Waals surface area contributed by atoms with Gasteiger partial charge >= 0.3 is 6.09 Å². The average Bonchev–Trinajstić information content (AvgIpc) is 3.07. The molecule has 3 aromatic carbocycles. The molecule has 1 heterocycles. The van der Waals surface area contributed by atoms with Gasteiger partial charge in [0, 0.05) is 16.7 Å². The summed E-state index contributed by atoms with van der Waals surface area (Å²) < 4.78 is 26.0. The summed E-state index contributed by atoms with van der Waals surface area (Å²) in [7, 11) is 1.53. The summed E-state index contributed by atoms with van der Waals surface area (Å²) >= 11 is 6.38. The van der Waals surface area contributed by atoms with Gasteiger partial charge in [0.1, 0.15) is 17.7 Å². The zero-order valence-corrected chi connectivity index (χ0v) is 21.7. The SMILES string of the molecule is COc1cc(F)c(C(C)C)cc1-c1ccc(Cl)cc1CN1C(=O)O[C@H](c2cc(C)cc(C)c2)[C@@H]1C. The molecule has 184 valence electrons. The van der Waals surface area contributed by atoms with Crippen LogP contribution < -0.4 is 4.74 Å². The fourth-order valence-electron chi connectivity index (χ4n) is 4.87. The molecule has 0 unspecified atom stereocenters. The number of halogens is 2. The second kappa shape index (κ2) is 9.90. The van der Waals surface area contributed by atoms with E-state index in [2.05, 4.69) is 18.2 Å². The molecule has 0 bridgehead atoms. The van der Waals surface area contributed by atoms with Crippen LogP contribution in [0.25, 0.3) is 11.1 Å². The summed E-state index contributed by atoms with van der Waals surface area (Å²) in [6, 6.07) is 14.8. The maximum Gasteiger partial charge on any atom is 0.411 e. The lowest BCUT2D eigenvalue weighted by atomic mass is 9.93. The number of rotatable bonds is 6. The number of ether oxygens (including phenoxy) is 2. The van der Waals surface area contributed by atoms with Crippen molar-refractivity contribution in [2.24, 2.45) is 0 Å². The third-order valence-corrected chi connectivity index (χ3v) is 6.84. The van der Waals surface area contributed by atoms with E-state index in [-0.39, 0.29) is 30.0 Å². The van der Waals surface area contributed by atoms with Gasteiger partial charge in [0.25, 0.3) is 0 Å². The van der Waals surface area contributed by atoms with E-state index in [1.54, 1.807) is 11.0 Å². The molecule has 6 heteroatoms. The zero-order chi connectivity index (χ0) is 25.4. The number of aryl methyl sites for hydroxylation is 2. The summed E-state index contributed by atoms with van der Waals surface area (Å²) in [6.07, 6.45) is -0.738. The molecule has 2 atom stereocenters. The predicted molar refractivity (Wildman–Crippen MR) is 138 cm³/mol. The van der Waals surface area contributed by atoms with Gasteiger partial charge in [-0.1, -0.05) is 60.8 Å². The fraction of sp³-hybridized carbons (Fsp3) is 0.345. The standard InChI is InChI=1S/C29H31ClFNO3/c1-16(2)24-13-25(27(34-6)14-26(24)31)23-8-7-22(30)12-21(23)15-32-19(5)28(35-29(32)33)20-10-17(3)9-18(4)11-20/h7-14,16,19,28H,15H2,1-6H3/t19-,28-/m0/s1. The molecule has 1 aliphatic heterocycles. The fourth-order valence-corrected chi connectivity index (χ4v) is 5.06. The predicted octanol–water partition coefficient (Wildman–Crippen LogP) is 7.98. The van der Waals surface area contributed by atoms with E-state index in [1.807, 2.05) is 52.8 Å². The Bertz CT molecular complexity index is 1250. The third-order valence-electron chi connectivity index (χ3n) is 6.60. The topological polar surface area (TPSA) is 38.8 Å². The van der Waals surface area contributed by atoms with E-state index < -0.39 is 0 Å². The lowest BCUT2D eigenvalue weighted by Gasteiger charge is -2.23. The van der Waals surface area contributed by atoms with E-state index in [4.69, 9.17) is 21.1 Å². The number of carbonyl (C=O) groups is 1. The average molecular weight is 496 g/mol. The Kier molecular flexibility index (Phi) is 7.09. The van der Waals surface area contributed by atoms with Crippen molar-refractivity contribution in [1.82, 2.24) is 4.90 Å². The molecule has 1 aliphatic rings. The van der Waals surface area contributed by atoms with Crippen LogP contribution in [-0.4, -0.2) is 24.1 Å². The van der Waals surface area contributed by atoms with Gasteiger partial charge in [0.2, 0.25) is 0 Å². The maximum absolute atomic E-state index is 14.7. The number of methoxy groups -OCH3 is 1. The highest BCUT2D eigenvalue weighted by molar-refractivity contribution is 6.30. The summed E-state index contributed by atoms with van der Waals surface area (Å²) in [5, 5.41) is 0.556. The number of amides is 1. The lowest BCUT2D eigenvalue weighted by molar-refractivity contribution is 0.130. The van der Waals surface area contributed by atoms with Crippen molar-refractivity contribution in [2.45, 2.75) is 59.2 Å². The van der Waals surface area contributed by atoms with E-state index in [9.17, 15) is 9.18 Å². The van der Waals surface area contributed by atoms with Crippen LogP contribution in [0.4, 0.5) is 9.18 Å². The van der Waals surface area contributed by atoms with Gasteiger partial charge in [-0.15, -0.1) is 0 Å². The molecule has 3 aromatic rings. The second-order valence-corrected chi connectivity index (χ2v) is 10.1. The van der Waals surface area contributed by atoms with Crippen LogP contribution in [0.5, 0.6) is 5.75 Å². The first-order valence-corrected chi connectivity index (χ1v) is 12.2. The minimum Gasteiger partial charge on any atom is -0.496 e. The molecule has 0 radical (unpaired) electrons. The summed E-state index contributed by atoms with van der Waals surface area (Å²) in [6.45, 7) is 10.3. The summed E-state index contributed by atoms with van der Waals surface area (Å²) in [5.74, 6) is 0.132. The minimum atomic E-state index is -0.374. The Labute approximate surface area is 211 Å². The normalized spacial score (nSPS) is 17.7. The van der Waals surface area contributed by atoms with Crippen molar-refractivity contribution in [3.8, 4) is 16.9 Å². The molecular weight excluding hydrogens is 465 g/mol. The molecule has 4 rings (SSSR count). The number of hydrogen-bond donors (Lipinski definition) is 0. The Balaban J connectivity index is 1.73. The molecular formula is C29H31ClFNO3. The van der Waals surface area contributed by atoms with Gasteiger partial charge < -0.3 is 9.47 Å². The van der Waals surface area contributed by atoms with Crippen LogP contribution in [-0.2, 0) is 11.3 Å². The monoisotopic (exact) mass is 495 g/mol. The molecule has 4 nitrogen and oxygen atoms in total. The Morgan fingerprint density at radius 2 is 1.74 bits per heavy atom. The maximum atomic E-state index is 14.7. The molecule has 35 heavy (non-hydrogen) atoms. The molecule has 0 aliphatic carbocycles. The third kappa shape index (κ3) is 5.01. The van der Waals surface area contributed by atoms with Crippen LogP contribution >= 0.6 is 11.6 Å². The highest BCUT2D eigenvalue weighted by Crippen LogP contribution is 2.40. The molecule has 0 saturated carbocycles. The molecule has 0 spiro atoms. The first-order chi connectivity index (χ1) is 16.6. The first-order valence-electron chi connectivity index (χ1n) is 11.8. The number of carbonyl (C=O) groups excluding carboxylic acids is 1. The van der Waals surface area contributed by atoms with Gasteiger partial charge in [-0.2, -0.15) is 0 Å². The Morgan fingerprint density at radius 3 is 2.37 bits per heavy atom. The largest absolute Gasteiger partial charge is 0.496 e. The van der Waals surface area contributed by atoms with Gasteiger partial charge in [-0.25, -0.2) is 9.18 Å². The van der Waals surface area contributed by atoms with Crippen LogP contribution in [0.3, 0.4) is 0 Å². The highest BCUT2D eigenvalue weighted by Gasteiger charge is 2.40. The lowest BCUT2D eigenvalue weighted by Crippen LogP contribution is -2.31. The quantitative estimate of drug-likeness (QED) is 0.348. The molecule has 1 amide bonds. The second-order valence-electron chi connectivity index (χ2n) is 9.62. The highest BCUT2D eigenvalue weighted by atomic mass is 35.5. The molecule has 0 N–H and O–H groups in total. The van der Waals surface area contributed by atoms with Gasteiger partial charge in [-0.05, 0) is 67.1 Å². The van der Waals surface area contributed by atoms with Gasteiger partial charge in [0.15, 0.2) is 0 Å². The molecule has 1 fully saturated rings. The van der Waals surface area contributed by atoms with Crippen molar-refractivity contribution in [3.05, 3.63) is 87.2 Å². The number of hydrogen-bond acceptors (Lipinski definition) is 3. The summed E-state index contributed by atoms with van der Waals surface area (Å²) in [4.78, 5) is 14.7. The van der Waals surface area contributed by atoms with E-state index in [0.29, 0.717) is 22.9 Å². The van der Waals surface area contributed by atoms with E-state index in [1.165, 1.54) is 13.2 Å². The van der Waals surface area contributed by atoms with E-state index >= 15 is 0 Å². The van der Waals surface area contributed by atoms with E-state index in [0.717, 1.165) is 33.4 Å². The van der Waals surface area contributed by atoms with Gasteiger partial charge in [-0.3, -0.25) is 4.90 Å². The first kappa shape index (κ1) is 25.1. The van der Waals surface area contributed by atoms with Crippen molar-refractivity contribution in [3.63, 3.8) is 0 Å². The van der Waals surface area contributed by atoms with Crippen LogP contribution in [0, 0.1) is 19.7 Å². The van der Waals surface area contributed by atoms with Crippen LogP contribution in [0.2, 0.25) is 5.02 Å². The zero-order valence-electron chi connectivity index (χ0n) is 21.0. The number of nitrogens with zero attached hydrogens (tertiary/aromatic N) is 1. The minimum absolute atomic E-state index is 0.00234. The van der Waals surface area contributed by atoms with Crippen LogP contribution in [0.15, 0.2) is 48.5 Å².